The molecule has 0 unspecified atom stereocenters. The Balaban J connectivity index is 1.71. The number of carbonyl (C=O) groups excluding carboxylic acids is 1. The van der Waals surface area contributed by atoms with Crippen LogP contribution in [0.3, 0.4) is 0 Å². The summed E-state index contributed by atoms with van der Waals surface area (Å²) in [6.07, 6.45) is 8.29. The Morgan fingerprint density at radius 1 is 1.10 bits per heavy atom. The first-order valence-electron chi connectivity index (χ1n) is 12.4. The van der Waals surface area contributed by atoms with Crippen LogP contribution in [-0.2, 0) is 16.6 Å². The molecule has 0 aliphatic carbocycles. The fraction of sp³-hybridized carbons (Fsp3) is 0.357. The van der Waals surface area contributed by atoms with Gasteiger partial charge in [-0.2, -0.15) is 0 Å². The Morgan fingerprint density at radius 2 is 1.87 bits per heavy atom. The summed E-state index contributed by atoms with van der Waals surface area (Å²) >= 11 is 2.75. The molecule has 1 saturated heterocycles. The fourth-order valence-electron chi connectivity index (χ4n) is 5.37. The van der Waals surface area contributed by atoms with Gasteiger partial charge >= 0.3 is 5.97 Å². The second kappa shape index (κ2) is 10.5. The summed E-state index contributed by atoms with van der Waals surface area (Å²) in [4.78, 5) is 47.0. The van der Waals surface area contributed by atoms with Crippen molar-refractivity contribution in [2.45, 2.75) is 56.5 Å². The number of nitrogens with zero attached hydrogens (tertiary/aromatic N) is 5. The lowest BCUT2D eigenvalue weighted by atomic mass is 9.85. The van der Waals surface area contributed by atoms with Crippen LogP contribution in [0.25, 0.3) is 0 Å². The number of methoxy groups -OCH3 is 1. The molecule has 1 aliphatic rings. The number of likely N-dealkylation sites (tertiary alicyclic amines) is 1. The molecule has 4 heterocycles. The number of carboxylic acids is 1. The molecule has 1 aliphatic heterocycles. The van der Waals surface area contributed by atoms with Crippen LogP contribution in [-0.4, -0.2) is 54.5 Å². The van der Waals surface area contributed by atoms with Gasteiger partial charge in [0.05, 0.1) is 23.9 Å². The van der Waals surface area contributed by atoms with Crippen molar-refractivity contribution < 1.29 is 19.4 Å². The van der Waals surface area contributed by atoms with Crippen LogP contribution in [0.5, 0.6) is 5.75 Å². The van der Waals surface area contributed by atoms with Crippen molar-refractivity contribution >= 4 is 34.6 Å². The molecule has 0 bridgehead atoms. The van der Waals surface area contributed by atoms with E-state index in [0.717, 1.165) is 5.56 Å². The van der Waals surface area contributed by atoms with Gasteiger partial charge in [-0.15, -0.1) is 22.7 Å². The van der Waals surface area contributed by atoms with E-state index >= 15 is 0 Å². The molecule has 1 fully saturated rings. The van der Waals surface area contributed by atoms with Gasteiger partial charge in [-0.25, -0.2) is 14.8 Å². The average Bonchev–Trinajstić information content (AvgIpc) is 3.69. The number of rotatable bonds is 7. The summed E-state index contributed by atoms with van der Waals surface area (Å²) in [6, 6.07) is 4.66. The van der Waals surface area contributed by atoms with Crippen molar-refractivity contribution in [3.05, 3.63) is 86.8 Å². The molecule has 4 aromatic rings. The van der Waals surface area contributed by atoms with Gasteiger partial charge < -0.3 is 14.7 Å². The van der Waals surface area contributed by atoms with E-state index in [0.29, 0.717) is 27.0 Å². The fourth-order valence-corrected chi connectivity index (χ4v) is 6.88. The predicted molar refractivity (Wildman–Crippen MR) is 148 cm³/mol. The molecule has 3 aromatic heterocycles. The van der Waals surface area contributed by atoms with Gasteiger partial charge in [0.15, 0.2) is 0 Å². The first kappa shape index (κ1) is 26.9. The Kier molecular flexibility index (Phi) is 7.21. The molecular weight excluding hydrogens is 534 g/mol. The van der Waals surface area contributed by atoms with E-state index in [2.05, 4.69) is 40.7 Å². The monoisotopic (exact) mass is 563 g/mol. The highest BCUT2D eigenvalue weighted by Gasteiger charge is 2.60. The minimum absolute atomic E-state index is 0.0571. The lowest BCUT2D eigenvalue weighted by molar-refractivity contribution is -0.149. The minimum atomic E-state index is -1.59. The molecule has 5 rings (SSSR count). The molecule has 1 N–H and O–H groups in total. The molecule has 1 aromatic carbocycles. The summed E-state index contributed by atoms with van der Waals surface area (Å²) < 4.78 is 5.68. The van der Waals surface area contributed by atoms with E-state index in [1.165, 1.54) is 27.6 Å². The third-order valence-electron chi connectivity index (χ3n) is 7.15. The zero-order valence-electron chi connectivity index (χ0n) is 22.1. The number of carbonyl (C=O) groups is 2. The Bertz CT molecular complexity index is 1460. The second-order valence-corrected chi connectivity index (χ2v) is 12.4. The summed E-state index contributed by atoms with van der Waals surface area (Å²) in [7, 11) is 1.57. The minimum Gasteiger partial charge on any atom is -0.496 e. The van der Waals surface area contributed by atoms with E-state index in [1.807, 2.05) is 11.4 Å². The maximum Gasteiger partial charge on any atom is 0.330 e. The molecule has 0 radical (unpaired) electrons. The molecule has 9 nitrogen and oxygen atoms in total. The smallest absolute Gasteiger partial charge is 0.330 e. The highest BCUT2D eigenvalue weighted by Crippen LogP contribution is 2.53. The van der Waals surface area contributed by atoms with Crippen LogP contribution in [0.1, 0.15) is 70.8 Å². The Hall–Kier alpha value is -3.70. The lowest BCUT2D eigenvalue weighted by Crippen LogP contribution is -2.55. The number of benzene rings is 1. The van der Waals surface area contributed by atoms with E-state index in [9.17, 15) is 14.7 Å². The van der Waals surface area contributed by atoms with Crippen molar-refractivity contribution in [2.24, 2.45) is 0 Å². The van der Waals surface area contributed by atoms with Crippen molar-refractivity contribution in [3.63, 3.8) is 0 Å². The summed E-state index contributed by atoms with van der Waals surface area (Å²) in [6.45, 7) is 6.21. The molecule has 0 saturated carbocycles. The number of aromatic nitrogens is 4. The van der Waals surface area contributed by atoms with E-state index < -0.39 is 29.4 Å². The number of hydrogen-bond acceptors (Lipinski definition) is 9. The van der Waals surface area contributed by atoms with Gasteiger partial charge in [0.2, 0.25) is 0 Å². The normalized spacial score (nSPS) is 21.2. The van der Waals surface area contributed by atoms with Crippen molar-refractivity contribution in [1.29, 1.82) is 0 Å². The maximum atomic E-state index is 14.5. The zero-order chi connectivity index (χ0) is 27.8. The molecule has 1 amide bonds. The second-order valence-electron chi connectivity index (χ2n) is 10.5. The lowest BCUT2D eigenvalue weighted by Gasteiger charge is -2.37. The Morgan fingerprint density at radius 3 is 2.46 bits per heavy atom. The molecular formula is C28H29N5O4S2. The number of thiazole rings is 2. The van der Waals surface area contributed by atoms with Gasteiger partial charge in [-0.3, -0.25) is 14.8 Å². The summed E-state index contributed by atoms with van der Waals surface area (Å²) in [5.41, 5.74) is 0.0914. The summed E-state index contributed by atoms with van der Waals surface area (Å²) in [5.74, 6) is -1.39. The number of hydrogen-bond donors (Lipinski definition) is 1. The SMILES string of the molecule is COc1cc(C(=O)N2[C@@H](c3nccs3)[C@@H](c3cnccn3)C[C@@]2(Cc2nccs2)C(=O)O)ccc1C(C)(C)C. The maximum absolute atomic E-state index is 14.5. The van der Waals surface area contributed by atoms with Crippen LogP contribution < -0.4 is 4.74 Å². The first-order chi connectivity index (χ1) is 18.7. The highest BCUT2D eigenvalue weighted by molar-refractivity contribution is 7.09. The van der Waals surface area contributed by atoms with Crippen molar-refractivity contribution in [2.75, 3.05) is 7.11 Å². The van der Waals surface area contributed by atoms with Crippen LogP contribution >= 0.6 is 22.7 Å². The van der Waals surface area contributed by atoms with Gasteiger partial charge in [0.1, 0.15) is 16.3 Å². The van der Waals surface area contributed by atoms with Gasteiger partial charge in [0.25, 0.3) is 5.91 Å². The molecule has 39 heavy (non-hydrogen) atoms. The van der Waals surface area contributed by atoms with Crippen molar-refractivity contribution in [1.82, 2.24) is 24.8 Å². The first-order valence-corrected chi connectivity index (χ1v) is 14.2. The van der Waals surface area contributed by atoms with Crippen LogP contribution in [0, 0.1) is 0 Å². The molecule has 0 spiro atoms. The average molecular weight is 564 g/mol. The number of ether oxygens (including phenoxy) is 1. The molecule has 11 heteroatoms. The third-order valence-corrected chi connectivity index (χ3v) is 8.77. The van der Waals surface area contributed by atoms with Crippen LogP contribution in [0.15, 0.2) is 59.9 Å². The standard InChI is InChI=1S/C28H29N5O4S2/c1-27(2,3)19-6-5-17(13-21(19)37-4)25(34)33-23(24-32-10-12-39-24)18(20-16-29-7-8-30-20)14-28(33,26(35)36)15-22-31-9-11-38-22/h5-13,16,18,23H,14-15H2,1-4H3,(H,35,36)/t18-,23-,28-/m1/s1. The van der Waals surface area contributed by atoms with E-state index in [4.69, 9.17) is 4.74 Å². The molecule has 202 valence electrons. The highest BCUT2D eigenvalue weighted by atomic mass is 32.1. The predicted octanol–water partition coefficient (Wildman–Crippen LogP) is 5.13. The number of aliphatic carboxylic acids is 1. The largest absolute Gasteiger partial charge is 0.496 e. The topological polar surface area (TPSA) is 118 Å². The van der Waals surface area contributed by atoms with Crippen LogP contribution in [0.4, 0.5) is 0 Å². The molecule has 3 atom stereocenters. The quantitative estimate of drug-likeness (QED) is 0.329. The van der Waals surface area contributed by atoms with Crippen LogP contribution in [0.2, 0.25) is 0 Å². The van der Waals surface area contributed by atoms with E-state index in [1.54, 1.807) is 55.6 Å². The van der Waals surface area contributed by atoms with Gasteiger partial charge in [-0.05, 0) is 29.5 Å². The number of amides is 1. The van der Waals surface area contributed by atoms with Gasteiger partial charge in [-0.1, -0.05) is 26.8 Å². The zero-order valence-corrected chi connectivity index (χ0v) is 23.7. The van der Waals surface area contributed by atoms with E-state index in [-0.39, 0.29) is 18.3 Å². The third kappa shape index (κ3) is 4.92. The number of carboxylic acid groups (broad SMARTS) is 1. The van der Waals surface area contributed by atoms with Crippen molar-refractivity contribution in [3.8, 4) is 5.75 Å². The summed E-state index contributed by atoms with van der Waals surface area (Å²) in [5, 5.41) is 15.8. The van der Waals surface area contributed by atoms with Gasteiger partial charge in [0, 0.05) is 59.6 Å². The Labute approximate surface area is 234 Å².